The molecule has 0 fully saturated rings. The molecule has 0 aliphatic heterocycles. The summed E-state index contributed by atoms with van der Waals surface area (Å²) in [4.78, 5) is 30.2. The van der Waals surface area contributed by atoms with E-state index < -0.39 is 0 Å². The van der Waals surface area contributed by atoms with E-state index in [0.29, 0.717) is 4.99 Å². The first kappa shape index (κ1) is 28.8. The molecule has 0 saturated heterocycles. The molecule has 0 aliphatic rings. The second kappa shape index (κ2) is 17.7. The molecular weight excluding hydrogens is 432 g/mol. The first-order valence-electron chi connectivity index (χ1n) is 8.12. The van der Waals surface area contributed by atoms with Gasteiger partial charge in [-0.05, 0) is 20.8 Å². The maximum Gasteiger partial charge on any atom is 0.311 e. The van der Waals surface area contributed by atoms with Crippen LogP contribution in [0.1, 0.15) is 35.3 Å². The van der Waals surface area contributed by atoms with Gasteiger partial charge in [0.15, 0.2) is 0 Å². The number of aryl methyl sites for hydroxylation is 2. The first-order chi connectivity index (χ1) is 13.6. The third-order valence-corrected chi connectivity index (χ3v) is 4.08. The van der Waals surface area contributed by atoms with Crippen LogP contribution in [0.5, 0.6) is 0 Å². The van der Waals surface area contributed by atoms with Crippen molar-refractivity contribution in [3.05, 3.63) is 32.2 Å². The number of aromatic nitrogens is 2. The molecule has 2 aromatic heterocycles. The zero-order chi connectivity index (χ0) is 22.8. The standard InChI is InChI=1S/2C7H9NO2S.C2H5NS.C2H3N/c2*1-5-8-6(4-11-5)3-7(9)10-2;1-2(3)4;1-2-3/h2*4H,3H2,1-2H3;1H3,(H2,3,4);1H3. The largest absolute Gasteiger partial charge is 0.469 e. The molecular formula is C18H26N4O4S3. The predicted octanol–water partition coefficient (Wildman–Crippen LogP) is 3.16. The Hall–Kier alpha value is -2.42. The molecule has 0 radical (unpaired) electrons. The Bertz CT molecular complexity index is 739. The van der Waals surface area contributed by atoms with Gasteiger partial charge in [0, 0.05) is 17.7 Å². The van der Waals surface area contributed by atoms with Gasteiger partial charge in [0.25, 0.3) is 0 Å². The summed E-state index contributed by atoms with van der Waals surface area (Å²) in [6, 6.07) is 1.75. The van der Waals surface area contributed by atoms with Gasteiger partial charge in [-0.3, -0.25) is 9.59 Å². The predicted molar refractivity (Wildman–Crippen MR) is 119 cm³/mol. The number of thiazole rings is 2. The number of carbonyl (C=O) groups is 2. The fraction of sp³-hybridized carbons (Fsp3) is 0.444. The normalized spacial score (nSPS) is 8.45. The fourth-order valence-electron chi connectivity index (χ4n) is 1.42. The van der Waals surface area contributed by atoms with Crippen molar-refractivity contribution in [2.24, 2.45) is 5.73 Å². The van der Waals surface area contributed by atoms with Crippen LogP contribution in [0.3, 0.4) is 0 Å². The molecule has 0 atom stereocenters. The van der Waals surface area contributed by atoms with Crippen molar-refractivity contribution in [1.82, 2.24) is 9.97 Å². The molecule has 0 amide bonds. The van der Waals surface area contributed by atoms with Crippen molar-refractivity contribution in [1.29, 1.82) is 5.26 Å². The van der Waals surface area contributed by atoms with Crippen LogP contribution < -0.4 is 5.73 Å². The molecule has 0 aromatic carbocycles. The fourth-order valence-corrected chi connectivity index (χ4v) is 2.64. The molecule has 2 N–H and O–H groups in total. The smallest absolute Gasteiger partial charge is 0.311 e. The van der Waals surface area contributed by atoms with Crippen LogP contribution in [0.15, 0.2) is 10.8 Å². The minimum atomic E-state index is -0.240. The SMILES string of the molecule is CC#N.CC(N)=S.COC(=O)Cc1csc(C)n1.COC(=O)Cc1csc(C)n1. The minimum absolute atomic E-state index is 0.240. The van der Waals surface area contributed by atoms with Crippen LogP contribution in [0.4, 0.5) is 0 Å². The van der Waals surface area contributed by atoms with Crippen LogP contribution in [0, 0.1) is 25.2 Å². The van der Waals surface area contributed by atoms with Gasteiger partial charge in [-0.2, -0.15) is 5.26 Å². The molecule has 8 nitrogen and oxygen atoms in total. The van der Waals surface area contributed by atoms with Crippen LogP contribution in [0.25, 0.3) is 0 Å². The molecule has 0 unspecified atom stereocenters. The second-order valence-corrected chi connectivity index (χ2v) is 7.82. The van der Waals surface area contributed by atoms with Gasteiger partial charge < -0.3 is 15.2 Å². The Morgan fingerprint density at radius 1 is 1.07 bits per heavy atom. The summed E-state index contributed by atoms with van der Waals surface area (Å²) in [6.45, 7) is 6.92. The van der Waals surface area contributed by atoms with Crippen LogP contribution in [-0.2, 0) is 31.9 Å². The molecule has 2 aromatic rings. The van der Waals surface area contributed by atoms with Crippen molar-refractivity contribution in [2.45, 2.75) is 40.5 Å². The van der Waals surface area contributed by atoms with Crippen LogP contribution >= 0.6 is 34.9 Å². The average Bonchev–Trinajstić information content (AvgIpc) is 3.23. The van der Waals surface area contributed by atoms with E-state index in [9.17, 15) is 9.59 Å². The Morgan fingerprint density at radius 2 is 1.34 bits per heavy atom. The second-order valence-electron chi connectivity index (χ2n) is 5.06. The number of thiocarbonyl (C=S) groups is 1. The van der Waals surface area contributed by atoms with Crippen molar-refractivity contribution in [2.75, 3.05) is 14.2 Å². The van der Waals surface area contributed by atoms with E-state index in [1.54, 1.807) is 13.0 Å². The number of esters is 2. The summed E-state index contributed by atoms with van der Waals surface area (Å²) < 4.78 is 8.98. The van der Waals surface area contributed by atoms with Gasteiger partial charge in [0.05, 0.1) is 59.5 Å². The Kier molecular flexibility index (Phi) is 17.5. The highest BCUT2D eigenvalue weighted by molar-refractivity contribution is 7.80. The highest BCUT2D eigenvalue weighted by atomic mass is 32.1. The van der Waals surface area contributed by atoms with E-state index in [0.717, 1.165) is 21.4 Å². The summed E-state index contributed by atoms with van der Waals surface area (Å²) in [5.41, 5.74) is 6.42. The van der Waals surface area contributed by atoms with Crippen LogP contribution in [0.2, 0.25) is 0 Å². The van der Waals surface area contributed by atoms with E-state index in [4.69, 9.17) is 11.0 Å². The van der Waals surface area contributed by atoms with Crippen molar-refractivity contribution in [3.8, 4) is 6.07 Å². The quantitative estimate of drug-likeness (QED) is 0.542. The molecule has 0 spiro atoms. The van der Waals surface area contributed by atoms with Gasteiger partial charge in [0.1, 0.15) is 0 Å². The lowest BCUT2D eigenvalue weighted by molar-refractivity contribution is -0.140. The summed E-state index contributed by atoms with van der Waals surface area (Å²) in [6.07, 6.45) is 0.557. The first-order valence-corrected chi connectivity index (χ1v) is 10.3. The van der Waals surface area contributed by atoms with Crippen molar-refractivity contribution < 1.29 is 19.1 Å². The number of nitrogens with zero attached hydrogens (tertiary/aromatic N) is 3. The Balaban J connectivity index is 0. The highest BCUT2D eigenvalue weighted by Gasteiger charge is 2.05. The van der Waals surface area contributed by atoms with Crippen LogP contribution in [-0.4, -0.2) is 41.1 Å². The Morgan fingerprint density at radius 3 is 1.52 bits per heavy atom. The van der Waals surface area contributed by atoms with E-state index in [2.05, 4.69) is 31.7 Å². The number of methoxy groups -OCH3 is 2. The third-order valence-electron chi connectivity index (χ3n) is 2.44. The van der Waals surface area contributed by atoms with Gasteiger partial charge in [-0.15, -0.1) is 22.7 Å². The molecule has 0 saturated carbocycles. The number of carbonyl (C=O) groups excluding carboxylic acids is 2. The van der Waals surface area contributed by atoms with Gasteiger partial charge in [-0.25, -0.2) is 9.97 Å². The maximum atomic E-state index is 10.7. The zero-order valence-electron chi connectivity index (χ0n) is 17.3. The molecule has 2 rings (SSSR count). The number of hydrogen-bond acceptors (Lipinski definition) is 10. The minimum Gasteiger partial charge on any atom is -0.469 e. The third kappa shape index (κ3) is 18.7. The summed E-state index contributed by atoms with van der Waals surface area (Å²) in [5.74, 6) is -0.481. The molecule has 0 aliphatic carbocycles. The average molecular weight is 459 g/mol. The number of ether oxygens (including phenoxy) is 2. The lowest BCUT2D eigenvalue weighted by Crippen LogP contribution is -2.04. The van der Waals surface area contributed by atoms with E-state index in [1.807, 2.05) is 24.6 Å². The van der Waals surface area contributed by atoms with Gasteiger partial charge >= 0.3 is 11.9 Å². The monoisotopic (exact) mass is 458 g/mol. The summed E-state index contributed by atoms with van der Waals surface area (Å²) in [7, 11) is 2.75. The molecule has 29 heavy (non-hydrogen) atoms. The lowest BCUT2D eigenvalue weighted by atomic mass is 10.3. The highest BCUT2D eigenvalue weighted by Crippen LogP contribution is 2.09. The maximum absolute atomic E-state index is 10.7. The number of rotatable bonds is 4. The number of nitrogens with two attached hydrogens (primary N) is 1. The van der Waals surface area contributed by atoms with Gasteiger partial charge in [-0.1, -0.05) is 12.2 Å². The Labute approximate surface area is 184 Å². The van der Waals surface area contributed by atoms with Gasteiger partial charge in [0.2, 0.25) is 0 Å². The lowest BCUT2D eigenvalue weighted by Gasteiger charge is -1.93. The molecule has 2 heterocycles. The number of nitriles is 1. The van der Waals surface area contributed by atoms with Crippen molar-refractivity contribution in [3.63, 3.8) is 0 Å². The number of hydrogen-bond donors (Lipinski definition) is 1. The summed E-state index contributed by atoms with van der Waals surface area (Å²) >= 11 is 7.39. The summed E-state index contributed by atoms with van der Waals surface area (Å²) in [5, 5.41) is 13.0. The molecule has 0 bridgehead atoms. The van der Waals surface area contributed by atoms with Crippen molar-refractivity contribution >= 4 is 51.8 Å². The van der Waals surface area contributed by atoms with E-state index in [1.165, 1.54) is 43.8 Å². The molecule has 11 heteroatoms. The van der Waals surface area contributed by atoms with E-state index >= 15 is 0 Å². The van der Waals surface area contributed by atoms with E-state index in [-0.39, 0.29) is 24.8 Å². The zero-order valence-corrected chi connectivity index (χ0v) is 19.8. The molecule has 160 valence electrons. The topological polar surface area (TPSA) is 128 Å².